The van der Waals surface area contributed by atoms with Crippen LogP contribution < -0.4 is 4.74 Å². The molecule has 0 fully saturated rings. The number of benzene rings is 1. The van der Waals surface area contributed by atoms with E-state index in [1.54, 1.807) is 24.2 Å². The van der Waals surface area contributed by atoms with Gasteiger partial charge in [0.1, 0.15) is 5.75 Å². The number of aryl methyl sites for hydroxylation is 3. The van der Waals surface area contributed by atoms with E-state index in [-0.39, 0.29) is 20.1 Å². The van der Waals surface area contributed by atoms with E-state index in [9.17, 15) is 0 Å². The molecule has 0 aliphatic rings. The fourth-order valence-corrected chi connectivity index (χ4v) is 2.55. The van der Waals surface area contributed by atoms with Gasteiger partial charge in [0.05, 0.1) is 12.9 Å². The molecule has 5 nitrogen and oxygen atoms in total. The van der Waals surface area contributed by atoms with Crippen LogP contribution in [0.25, 0.3) is 17.2 Å². The Morgan fingerprint density at radius 2 is 1.82 bits per heavy atom. The van der Waals surface area contributed by atoms with Crippen LogP contribution in [0.1, 0.15) is 11.1 Å². The van der Waals surface area contributed by atoms with Crippen LogP contribution in [-0.4, -0.2) is 26.2 Å². The molecule has 0 unspecified atom stereocenters. The molecule has 0 N–H and O–H groups in total. The van der Waals surface area contributed by atoms with Gasteiger partial charge in [-0.05, 0) is 56.2 Å². The summed E-state index contributed by atoms with van der Waals surface area (Å²) >= 11 is 0. The van der Waals surface area contributed by atoms with Crippen LogP contribution in [0.2, 0.25) is 0 Å². The summed E-state index contributed by atoms with van der Waals surface area (Å²) in [5, 5.41) is 0. The van der Waals surface area contributed by atoms with Crippen molar-refractivity contribution >= 4 is 0 Å². The predicted octanol–water partition coefficient (Wildman–Crippen LogP) is 2.70. The molecule has 117 valence electrons. The summed E-state index contributed by atoms with van der Waals surface area (Å²) in [6, 6.07) is 4.04. The zero-order valence-electron chi connectivity index (χ0n) is 12.9. The van der Waals surface area contributed by atoms with Crippen molar-refractivity contribution in [3.05, 3.63) is 48.2 Å². The van der Waals surface area contributed by atoms with Gasteiger partial charge >= 0.3 is 0 Å². The molecule has 0 atom stereocenters. The minimum Gasteiger partial charge on any atom is -0.497 e. The van der Waals surface area contributed by atoms with Gasteiger partial charge in [-0.2, -0.15) is 0 Å². The van der Waals surface area contributed by atoms with Crippen molar-refractivity contribution in [2.45, 2.75) is 13.8 Å². The Morgan fingerprint density at radius 1 is 1.14 bits per heavy atom. The summed E-state index contributed by atoms with van der Waals surface area (Å²) in [5.74, 6) is 1.65. The Labute approximate surface area is 143 Å². The van der Waals surface area contributed by atoms with Gasteiger partial charge in [-0.1, -0.05) is 6.20 Å². The SMILES string of the molecule is COc1cc(C)c(-n2ccnc2-c2[c-]n(C)cn2)c(C)c1.[Ir]. The first-order valence-electron chi connectivity index (χ1n) is 6.70. The van der Waals surface area contributed by atoms with E-state index in [0.29, 0.717) is 0 Å². The molecule has 3 aromatic rings. The first-order valence-corrected chi connectivity index (χ1v) is 6.70. The molecule has 0 bridgehead atoms. The number of hydrogen-bond acceptors (Lipinski definition) is 3. The fourth-order valence-electron chi connectivity index (χ4n) is 2.55. The van der Waals surface area contributed by atoms with Crippen LogP contribution in [0.4, 0.5) is 0 Å². The number of ether oxygens (including phenoxy) is 1. The number of rotatable bonds is 3. The number of aromatic nitrogens is 4. The largest absolute Gasteiger partial charge is 0.497 e. The second kappa shape index (κ2) is 6.46. The van der Waals surface area contributed by atoms with Crippen molar-refractivity contribution in [2.24, 2.45) is 7.05 Å². The van der Waals surface area contributed by atoms with Gasteiger partial charge in [0.2, 0.25) is 0 Å². The van der Waals surface area contributed by atoms with E-state index in [1.165, 1.54) is 0 Å². The summed E-state index contributed by atoms with van der Waals surface area (Å²) in [4.78, 5) is 8.76. The molecule has 0 aliphatic carbocycles. The molecule has 1 radical (unpaired) electrons. The average Bonchev–Trinajstić information content (AvgIpc) is 3.06. The predicted molar refractivity (Wildman–Crippen MR) is 80.6 cm³/mol. The third-order valence-electron chi connectivity index (χ3n) is 3.44. The van der Waals surface area contributed by atoms with Crippen LogP contribution in [-0.2, 0) is 27.2 Å². The number of nitrogens with zero attached hydrogens (tertiary/aromatic N) is 4. The molecule has 2 aromatic heterocycles. The van der Waals surface area contributed by atoms with Gasteiger partial charge in [0.15, 0.2) is 0 Å². The second-order valence-corrected chi connectivity index (χ2v) is 5.05. The van der Waals surface area contributed by atoms with E-state index in [4.69, 9.17) is 4.74 Å². The Balaban J connectivity index is 0.00000176. The molecule has 3 rings (SSSR count). The van der Waals surface area contributed by atoms with Crippen molar-refractivity contribution < 1.29 is 24.8 Å². The van der Waals surface area contributed by atoms with Crippen LogP contribution in [0.3, 0.4) is 0 Å². The van der Waals surface area contributed by atoms with Crippen LogP contribution >= 0.6 is 0 Å². The zero-order chi connectivity index (χ0) is 15.0. The summed E-state index contributed by atoms with van der Waals surface area (Å²) in [6.07, 6.45) is 8.59. The van der Waals surface area contributed by atoms with Crippen molar-refractivity contribution in [2.75, 3.05) is 7.11 Å². The minimum atomic E-state index is 0. The molecule has 0 saturated heterocycles. The standard InChI is InChI=1S/C16H17N4O.Ir/c1-11-7-13(21-4)8-12(2)15(11)20-6-5-17-16(20)14-9-19(3)10-18-14;/h5-8,10H,1-4H3;/q-1;. The Kier molecular flexibility index (Phi) is 4.84. The van der Waals surface area contributed by atoms with Crippen LogP contribution in [0.15, 0.2) is 30.9 Å². The smallest absolute Gasteiger partial charge is 0.119 e. The third kappa shape index (κ3) is 2.85. The third-order valence-corrected chi connectivity index (χ3v) is 3.44. The molecule has 6 heteroatoms. The maximum Gasteiger partial charge on any atom is 0.119 e. The minimum absolute atomic E-state index is 0. The van der Waals surface area contributed by atoms with Gasteiger partial charge in [-0.3, -0.25) is 4.98 Å². The van der Waals surface area contributed by atoms with E-state index < -0.39 is 0 Å². The molecule has 0 amide bonds. The summed E-state index contributed by atoms with van der Waals surface area (Å²) in [7, 11) is 3.58. The Bertz CT molecular complexity index is 768. The maximum atomic E-state index is 5.32. The summed E-state index contributed by atoms with van der Waals surface area (Å²) in [6.45, 7) is 4.13. The van der Waals surface area contributed by atoms with Gasteiger partial charge in [0, 0.05) is 38.2 Å². The van der Waals surface area contributed by atoms with E-state index in [0.717, 1.165) is 34.1 Å². The number of methoxy groups -OCH3 is 1. The molecule has 0 saturated carbocycles. The van der Waals surface area contributed by atoms with E-state index >= 15 is 0 Å². The summed E-state index contributed by atoms with van der Waals surface area (Å²) < 4.78 is 9.16. The zero-order valence-corrected chi connectivity index (χ0v) is 15.3. The molecule has 2 heterocycles. The van der Waals surface area contributed by atoms with Crippen molar-refractivity contribution in [1.29, 1.82) is 0 Å². The van der Waals surface area contributed by atoms with Crippen LogP contribution in [0, 0.1) is 20.0 Å². The van der Waals surface area contributed by atoms with Gasteiger partial charge in [-0.25, -0.2) is 0 Å². The average molecular weight is 474 g/mol. The van der Waals surface area contributed by atoms with Crippen LogP contribution in [0.5, 0.6) is 5.75 Å². The van der Waals surface area contributed by atoms with Crippen molar-refractivity contribution in [3.8, 4) is 23.0 Å². The molecular formula is C16H17IrN4O-. The van der Waals surface area contributed by atoms with Gasteiger partial charge in [-0.15, -0.1) is 0 Å². The van der Waals surface area contributed by atoms with Gasteiger partial charge in [0.25, 0.3) is 0 Å². The normalized spacial score (nSPS) is 10.4. The number of imidazole rings is 2. The molecule has 0 spiro atoms. The first kappa shape index (κ1) is 16.5. The van der Waals surface area contributed by atoms with Crippen molar-refractivity contribution in [1.82, 2.24) is 19.1 Å². The fraction of sp³-hybridized carbons (Fsp3) is 0.250. The van der Waals surface area contributed by atoms with Gasteiger partial charge < -0.3 is 18.9 Å². The topological polar surface area (TPSA) is 44.9 Å². The first-order chi connectivity index (χ1) is 10.1. The van der Waals surface area contributed by atoms with Crippen molar-refractivity contribution in [3.63, 3.8) is 0 Å². The Morgan fingerprint density at radius 3 is 2.36 bits per heavy atom. The quantitative estimate of drug-likeness (QED) is 0.550. The van der Waals surface area contributed by atoms with E-state index in [2.05, 4.69) is 30.0 Å². The maximum absolute atomic E-state index is 5.32. The molecule has 0 aliphatic heterocycles. The van der Waals surface area contributed by atoms with E-state index in [1.807, 2.05) is 29.9 Å². The second-order valence-electron chi connectivity index (χ2n) is 5.05. The molecular weight excluding hydrogens is 456 g/mol. The Hall–Kier alpha value is -1.91. The molecule has 22 heavy (non-hydrogen) atoms. The molecule has 1 aromatic carbocycles. The summed E-state index contributed by atoms with van der Waals surface area (Å²) in [5.41, 5.74) is 4.09. The number of hydrogen-bond donors (Lipinski definition) is 0. The monoisotopic (exact) mass is 474 g/mol.